The zero-order valence-corrected chi connectivity index (χ0v) is 13.4. The van der Waals surface area contributed by atoms with E-state index >= 15 is 0 Å². The topological polar surface area (TPSA) is 27.6 Å². The second-order valence-electron chi connectivity index (χ2n) is 6.22. The Kier molecular flexibility index (Phi) is 4.01. The largest absolute Gasteiger partial charge is 0.357 e. The van der Waals surface area contributed by atoms with E-state index in [1.165, 1.54) is 49.2 Å². The van der Waals surface area contributed by atoms with Crippen molar-refractivity contribution in [2.75, 3.05) is 19.6 Å². The summed E-state index contributed by atoms with van der Waals surface area (Å²) < 4.78 is 0. The third-order valence-electron chi connectivity index (χ3n) is 4.83. The first-order valence-electron chi connectivity index (χ1n) is 7.79. The zero-order chi connectivity index (χ0) is 14.0. The van der Waals surface area contributed by atoms with Crippen LogP contribution in [0.5, 0.6) is 0 Å². The minimum absolute atomic E-state index is 0.634. The second kappa shape index (κ2) is 5.76. The lowest BCUT2D eigenvalue weighted by Gasteiger charge is -2.38. The lowest BCUT2D eigenvalue weighted by molar-refractivity contribution is 0.151. The van der Waals surface area contributed by atoms with E-state index in [9.17, 15) is 0 Å². The maximum Gasteiger partial charge on any atom is 0.194 e. The third kappa shape index (κ3) is 2.71. The van der Waals surface area contributed by atoms with Crippen molar-refractivity contribution in [2.45, 2.75) is 46.1 Å². The van der Waals surface area contributed by atoms with Gasteiger partial charge in [0.2, 0.25) is 0 Å². The molecule has 1 N–H and O–H groups in total. The highest BCUT2D eigenvalue weighted by atomic mass is 32.1. The van der Waals surface area contributed by atoms with E-state index in [1.807, 2.05) is 11.3 Å². The minimum Gasteiger partial charge on any atom is -0.357 e. The number of nitrogens with zero attached hydrogens (tertiary/aromatic N) is 2. The van der Waals surface area contributed by atoms with Gasteiger partial charge in [-0.15, -0.1) is 11.3 Å². The number of aliphatic imine (C=N–C) groups is 1. The van der Waals surface area contributed by atoms with E-state index in [0.29, 0.717) is 5.41 Å². The van der Waals surface area contributed by atoms with Gasteiger partial charge >= 0.3 is 0 Å². The fraction of sp³-hybridized carbons (Fsp3) is 0.688. The molecule has 1 saturated heterocycles. The molecule has 0 radical (unpaired) electrons. The van der Waals surface area contributed by atoms with Crippen molar-refractivity contribution < 1.29 is 0 Å². The molecule has 0 unspecified atom stereocenters. The molecule has 3 rings (SSSR count). The lowest BCUT2D eigenvalue weighted by atomic mass is 9.68. The molecule has 0 bridgehead atoms. The molecule has 1 spiro atoms. The van der Waals surface area contributed by atoms with Crippen LogP contribution >= 0.6 is 11.3 Å². The smallest absolute Gasteiger partial charge is 0.194 e. The van der Waals surface area contributed by atoms with Gasteiger partial charge in [0.1, 0.15) is 0 Å². The molecule has 1 aromatic rings. The zero-order valence-electron chi connectivity index (χ0n) is 12.6. The summed E-state index contributed by atoms with van der Waals surface area (Å²) in [6, 6.07) is 2.18. The summed E-state index contributed by atoms with van der Waals surface area (Å²) >= 11 is 1.81. The van der Waals surface area contributed by atoms with Crippen LogP contribution in [0.4, 0.5) is 0 Å². The Morgan fingerprint density at radius 1 is 1.45 bits per heavy atom. The predicted octanol–water partition coefficient (Wildman–Crippen LogP) is 3.40. The molecule has 20 heavy (non-hydrogen) atoms. The average molecular weight is 291 g/mol. The molecular weight excluding hydrogens is 266 g/mol. The van der Waals surface area contributed by atoms with Gasteiger partial charge in [0.25, 0.3) is 0 Å². The molecule has 4 heteroatoms. The first-order valence-corrected chi connectivity index (χ1v) is 8.67. The lowest BCUT2D eigenvalue weighted by Crippen LogP contribution is -2.42. The van der Waals surface area contributed by atoms with Crippen LogP contribution < -0.4 is 5.32 Å². The maximum atomic E-state index is 4.86. The van der Waals surface area contributed by atoms with Crippen molar-refractivity contribution in [3.05, 3.63) is 21.9 Å². The summed E-state index contributed by atoms with van der Waals surface area (Å²) in [5.41, 5.74) is 2.00. The molecule has 1 aromatic heterocycles. The van der Waals surface area contributed by atoms with Gasteiger partial charge in [-0.1, -0.05) is 6.42 Å². The van der Waals surface area contributed by atoms with E-state index in [1.54, 1.807) is 0 Å². The normalized spacial score (nSPS) is 21.3. The number of nitrogens with one attached hydrogen (secondary N) is 1. The van der Waals surface area contributed by atoms with Crippen LogP contribution in [-0.2, 0) is 6.54 Å². The Morgan fingerprint density at radius 2 is 2.30 bits per heavy atom. The van der Waals surface area contributed by atoms with Crippen LogP contribution in [0.1, 0.15) is 43.0 Å². The van der Waals surface area contributed by atoms with Crippen molar-refractivity contribution in [1.82, 2.24) is 10.2 Å². The molecule has 3 nitrogen and oxygen atoms in total. The highest BCUT2D eigenvalue weighted by Crippen LogP contribution is 2.47. The molecule has 2 heterocycles. The average Bonchev–Trinajstić information content (AvgIpc) is 3.01. The SMILES string of the molecule is CCNC(=NCc1sccc1C)N1CCC2(CCC2)C1. The monoisotopic (exact) mass is 291 g/mol. The van der Waals surface area contributed by atoms with E-state index in [-0.39, 0.29) is 0 Å². The fourth-order valence-electron chi connectivity index (χ4n) is 3.34. The first kappa shape index (κ1) is 13.9. The molecule has 0 aromatic carbocycles. The Labute approximate surface area is 126 Å². The molecule has 2 fully saturated rings. The van der Waals surface area contributed by atoms with Crippen LogP contribution in [0.3, 0.4) is 0 Å². The van der Waals surface area contributed by atoms with Crippen molar-refractivity contribution >= 4 is 17.3 Å². The highest BCUT2D eigenvalue weighted by Gasteiger charge is 2.43. The molecule has 1 aliphatic carbocycles. The van der Waals surface area contributed by atoms with Crippen molar-refractivity contribution in [3.8, 4) is 0 Å². The van der Waals surface area contributed by atoms with Crippen LogP contribution in [0, 0.1) is 12.3 Å². The molecular formula is C16H25N3S. The van der Waals surface area contributed by atoms with Crippen LogP contribution in [-0.4, -0.2) is 30.5 Å². The molecule has 2 aliphatic rings. The number of aryl methyl sites for hydroxylation is 1. The standard InChI is InChI=1S/C16H25N3S/c1-3-17-15(18-11-14-13(2)5-10-20-14)19-9-8-16(12-19)6-4-7-16/h5,10H,3-4,6-9,11-12H2,1-2H3,(H,17,18). The van der Waals surface area contributed by atoms with Crippen molar-refractivity contribution in [2.24, 2.45) is 10.4 Å². The number of thiophene rings is 1. The predicted molar refractivity (Wildman–Crippen MR) is 86.3 cm³/mol. The molecule has 0 amide bonds. The van der Waals surface area contributed by atoms with Gasteiger partial charge in [0.05, 0.1) is 6.54 Å². The number of likely N-dealkylation sites (tertiary alicyclic amines) is 1. The molecule has 0 atom stereocenters. The first-order chi connectivity index (χ1) is 9.72. The Balaban J connectivity index is 1.67. The summed E-state index contributed by atoms with van der Waals surface area (Å²) in [5.74, 6) is 1.11. The van der Waals surface area contributed by atoms with Gasteiger partial charge in [0.15, 0.2) is 5.96 Å². The fourth-order valence-corrected chi connectivity index (χ4v) is 4.17. The molecule has 110 valence electrons. The quantitative estimate of drug-likeness (QED) is 0.683. The van der Waals surface area contributed by atoms with Crippen LogP contribution in [0.25, 0.3) is 0 Å². The summed E-state index contributed by atoms with van der Waals surface area (Å²) in [5, 5.41) is 5.63. The van der Waals surface area contributed by atoms with E-state index in [0.717, 1.165) is 19.0 Å². The van der Waals surface area contributed by atoms with Gasteiger partial charge < -0.3 is 10.2 Å². The summed E-state index contributed by atoms with van der Waals surface area (Å²) in [6.07, 6.45) is 5.63. The maximum absolute atomic E-state index is 4.86. The number of hydrogen-bond donors (Lipinski definition) is 1. The Morgan fingerprint density at radius 3 is 2.85 bits per heavy atom. The van der Waals surface area contributed by atoms with E-state index < -0.39 is 0 Å². The Bertz CT molecular complexity index is 488. The van der Waals surface area contributed by atoms with E-state index in [4.69, 9.17) is 4.99 Å². The molecule has 1 aliphatic heterocycles. The second-order valence-corrected chi connectivity index (χ2v) is 7.22. The number of rotatable bonds is 3. The van der Waals surface area contributed by atoms with Crippen molar-refractivity contribution in [3.63, 3.8) is 0 Å². The van der Waals surface area contributed by atoms with Gasteiger partial charge in [-0.25, -0.2) is 4.99 Å². The van der Waals surface area contributed by atoms with Gasteiger partial charge in [0, 0.05) is 24.5 Å². The van der Waals surface area contributed by atoms with Gasteiger partial charge in [-0.2, -0.15) is 0 Å². The van der Waals surface area contributed by atoms with Crippen molar-refractivity contribution in [1.29, 1.82) is 0 Å². The summed E-state index contributed by atoms with van der Waals surface area (Å²) in [4.78, 5) is 8.73. The third-order valence-corrected chi connectivity index (χ3v) is 5.84. The number of guanidine groups is 1. The van der Waals surface area contributed by atoms with E-state index in [2.05, 4.69) is 35.5 Å². The Hall–Kier alpha value is -1.03. The minimum atomic E-state index is 0.634. The summed E-state index contributed by atoms with van der Waals surface area (Å²) in [7, 11) is 0. The van der Waals surface area contributed by atoms with Gasteiger partial charge in [-0.3, -0.25) is 0 Å². The molecule has 1 saturated carbocycles. The van der Waals surface area contributed by atoms with Crippen LogP contribution in [0.2, 0.25) is 0 Å². The van der Waals surface area contributed by atoms with Gasteiger partial charge in [-0.05, 0) is 55.5 Å². The number of hydrogen-bond acceptors (Lipinski definition) is 2. The highest BCUT2D eigenvalue weighted by molar-refractivity contribution is 7.10. The summed E-state index contributed by atoms with van der Waals surface area (Å²) in [6.45, 7) is 8.48. The van der Waals surface area contributed by atoms with Crippen LogP contribution in [0.15, 0.2) is 16.4 Å².